The molecule has 2 rings (SSSR count). The van der Waals surface area contributed by atoms with E-state index in [2.05, 4.69) is 0 Å². The lowest BCUT2D eigenvalue weighted by Gasteiger charge is -2.27. The molecule has 1 N–H and O–H groups in total. The minimum Gasteiger partial charge on any atom is -0.489 e. The Morgan fingerprint density at radius 2 is 1.55 bits per heavy atom. The molecule has 1 aromatic rings. The average molecular weight is 290 g/mol. The monoisotopic (exact) mass is 290 g/mol. The van der Waals surface area contributed by atoms with Crippen LogP contribution in [0.2, 0.25) is 0 Å². The van der Waals surface area contributed by atoms with Crippen LogP contribution < -0.4 is 9.47 Å². The SMILES string of the molecule is CC(C)(CO)c1ccc(C(F)(F)F)c2c1OCCCO2. The molecular formula is C14H17F3O3. The molecule has 0 saturated heterocycles. The number of rotatable bonds is 2. The number of ether oxygens (including phenoxy) is 2. The number of benzene rings is 1. The van der Waals surface area contributed by atoms with E-state index < -0.39 is 17.2 Å². The quantitative estimate of drug-likeness (QED) is 0.909. The molecule has 6 heteroatoms. The van der Waals surface area contributed by atoms with Gasteiger partial charge < -0.3 is 14.6 Å². The van der Waals surface area contributed by atoms with Crippen molar-refractivity contribution in [2.45, 2.75) is 31.9 Å². The maximum atomic E-state index is 13.0. The van der Waals surface area contributed by atoms with Gasteiger partial charge in [-0.15, -0.1) is 0 Å². The van der Waals surface area contributed by atoms with E-state index in [1.165, 1.54) is 6.07 Å². The molecule has 112 valence electrons. The predicted octanol–water partition coefficient (Wildman–Crippen LogP) is 3.14. The van der Waals surface area contributed by atoms with Crippen LogP contribution in [0, 0.1) is 0 Å². The number of fused-ring (bicyclic) bond motifs is 1. The standard InChI is InChI=1S/C14H17F3O3/c1-13(2,8-18)9-4-5-10(14(15,16)17)12-11(9)19-6-3-7-20-12/h4-5,18H,3,6-8H2,1-2H3. The van der Waals surface area contributed by atoms with E-state index in [0.29, 0.717) is 18.6 Å². The summed E-state index contributed by atoms with van der Waals surface area (Å²) in [5, 5.41) is 9.43. The smallest absolute Gasteiger partial charge is 0.420 e. The first-order valence-corrected chi connectivity index (χ1v) is 6.38. The third-order valence-electron chi connectivity index (χ3n) is 3.32. The maximum Gasteiger partial charge on any atom is 0.420 e. The summed E-state index contributed by atoms with van der Waals surface area (Å²) in [6.45, 7) is 3.75. The van der Waals surface area contributed by atoms with Gasteiger partial charge in [0.2, 0.25) is 0 Å². The highest BCUT2D eigenvalue weighted by Gasteiger charge is 2.39. The fourth-order valence-corrected chi connectivity index (χ4v) is 2.10. The normalized spacial score (nSPS) is 15.9. The van der Waals surface area contributed by atoms with Gasteiger partial charge in [-0.3, -0.25) is 0 Å². The molecule has 0 spiro atoms. The molecule has 20 heavy (non-hydrogen) atoms. The largest absolute Gasteiger partial charge is 0.489 e. The van der Waals surface area contributed by atoms with Crippen LogP contribution in [0.1, 0.15) is 31.4 Å². The minimum atomic E-state index is -4.50. The fourth-order valence-electron chi connectivity index (χ4n) is 2.10. The van der Waals surface area contributed by atoms with Crippen LogP contribution in [0.3, 0.4) is 0 Å². The van der Waals surface area contributed by atoms with E-state index in [9.17, 15) is 18.3 Å². The molecule has 3 nitrogen and oxygen atoms in total. The number of hydrogen-bond donors (Lipinski definition) is 1. The molecule has 1 aliphatic rings. The first-order valence-electron chi connectivity index (χ1n) is 6.38. The molecule has 1 aliphatic heterocycles. The molecule has 0 aliphatic carbocycles. The predicted molar refractivity (Wildman–Crippen MR) is 67.2 cm³/mol. The van der Waals surface area contributed by atoms with Gasteiger partial charge in [-0.2, -0.15) is 13.2 Å². The van der Waals surface area contributed by atoms with Crippen LogP contribution in [0.4, 0.5) is 13.2 Å². The van der Waals surface area contributed by atoms with Gasteiger partial charge in [-0.1, -0.05) is 19.9 Å². The van der Waals surface area contributed by atoms with Gasteiger partial charge in [0.1, 0.15) is 5.56 Å². The van der Waals surface area contributed by atoms with Crippen molar-refractivity contribution in [2.24, 2.45) is 0 Å². The van der Waals surface area contributed by atoms with Crippen LogP contribution in [0.15, 0.2) is 12.1 Å². The van der Waals surface area contributed by atoms with Crippen molar-refractivity contribution < 1.29 is 27.8 Å². The molecule has 0 radical (unpaired) electrons. The van der Waals surface area contributed by atoms with Crippen molar-refractivity contribution in [2.75, 3.05) is 19.8 Å². The molecule has 1 aromatic carbocycles. The second kappa shape index (κ2) is 5.16. The van der Waals surface area contributed by atoms with E-state index in [0.717, 1.165) is 6.07 Å². The van der Waals surface area contributed by atoms with Gasteiger partial charge in [0.15, 0.2) is 11.5 Å². The minimum absolute atomic E-state index is 0.0939. The zero-order chi connectivity index (χ0) is 15.0. The third kappa shape index (κ3) is 2.70. The summed E-state index contributed by atoms with van der Waals surface area (Å²) in [7, 11) is 0. The van der Waals surface area contributed by atoms with E-state index in [1.54, 1.807) is 13.8 Å². The molecule has 0 unspecified atom stereocenters. The second-order valence-corrected chi connectivity index (χ2v) is 5.41. The zero-order valence-corrected chi connectivity index (χ0v) is 11.4. The van der Waals surface area contributed by atoms with Crippen molar-refractivity contribution in [3.63, 3.8) is 0 Å². The summed E-state index contributed by atoms with van der Waals surface area (Å²) in [4.78, 5) is 0. The highest BCUT2D eigenvalue weighted by Crippen LogP contribution is 2.47. The Morgan fingerprint density at radius 1 is 1.05 bits per heavy atom. The molecule has 0 saturated carbocycles. The van der Waals surface area contributed by atoms with Crippen LogP contribution >= 0.6 is 0 Å². The van der Waals surface area contributed by atoms with Crippen molar-refractivity contribution in [1.29, 1.82) is 0 Å². The Kier molecular flexibility index (Phi) is 3.86. The first kappa shape index (κ1) is 15.0. The van der Waals surface area contributed by atoms with Crippen molar-refractivity contribution >= 4 is 0 Å². The summed E-state index contributed by atoms with van der Waals surface area (Å²) < 4.78 is 49.8. The zero-order valence-electron chi connectivity index (χ0n) is 11.4. The number of halogens is 3. The van der Waals surface area contributed by atoms with Crippen molar-refractivity contribution in [3.05, 3.63) is 23.3 Å². The summed E-state index contributed by atoms with van der Waals surface area (Å²) in [6, 6.07) is 2.34. The lowest BCUT2D eigenvalue weighted by Crippen LogP contribution is -2.24. The van der Waals surface area contributed by atoms with E-state index >= 15 is 0 Å². The number of alkyl halides is 3. The summed E-state index contributed by atoms with van der Waals surface area (Å²) in [6.07, 6.45) is -3.98. The Morgan fingerprint density at radius 3 is 2.05 bits per heavy atom. The van der Waals surface area contributed by atoms with Crippen LogP contribution in [0.5, 0.6) is 11.5 Å². The third-order valence-corrected chi connectivity index (χ3v) is 3.32. The molecule has 0 atom stereocenters. The topological polar surface area (TPSA) is 38.7 Å². The summed E-state index contributed by atoms with van der Waals surface area (Å²) in [5.41, 5.74) is -1.03. The Hall–Kier alpha value is -1.43. The second-order valence-electron chi connectivity index (χ2n) is 5.41. The fraction of sp³-hybridized carbons (Fsp3) is 0.571. The summed E-state index contributed by atoms with van der Waals surface area (Å²) in [5.74, 6) is -0.176. The summed E-state index contributed by atoms with van der Waals surface area (Å²) >= 11 is 0. The highest BCUT2D eigenvalue weighted by molar-refractivity contribution is 5.55. The maximum absolute atomic E-state index is 13.0. The van der Waals surface area contributed by atoms with Crippen LogP contribution in [-0.4, -0.2) is 24.9 Å². The lowest BCUT2D eigenvalue weighted by molar-refractivity contribution is -0.139. The van der Waals surface area contributed by atoms with E-state index in [4.69, 9.17) is 9.47 Å². The lowest BCUT2D eigenvalue weighted by atomic mass is 9.84. The Bertz CT molecular complexity index is 495. The first-order chi connectivity index (χ1) is 9.27. The Balaban J connectivity index is 2.64. The average Bonchev–Trinajstić information content (AvgIpc) is 2.61. The molecule has 0 amide bonds. The van der Waals surface area contributed by atoms with Gasteiger partial charge in [-0.25, -0.2) is 0 Å². The Labute approximate surface area is 115 Å². The van der Waals surface area contributed by atoms with Gasteiger partial charge in [0.05, 0.1) is 19.8 Å². The van der Waals surface area contributed by atoms with Crippen molar-refractivity contribution in [3.8, 4) is 11.5 Å². The molecule has 0 bridgehead atoms. The molecular weight excluding hydrogens is 273 g/mol. The van der Waals surface area contributed by atoms with Gasteiger partial charge in [-0.05, 0) is 6.07 Å². The van der Waals surface area contributed by atoms with Crippen LogP contribution in [-0.2, 0) is 11.6 Å². The van der Waals surface area contributed by atoms with Gasteiger partial charge in [0.25, 0.3) is 0 Å². The number of aliphatic hydroxyl groups excluding tert-OH is 1. The molecule has 0 aromatic heterocycles. The molecule has 1 heterocycles. The van der Waals surface area contributed by atoms with Gasteiger partial charge in [0, 0.05) is 17.4 Å². The van der Waals surface area contributed by atoms with Crippen molar-refractivity contribution in [1.82, 2.24) is 0 Å². The van der Waals surface area contributed by atoms with E-state index in [1.807, 2.05) is 0 Å². The van der Waals surface area contributed by atoms with Gasteiger partial charge >= 0.3 is 6.18 Å². The van der Waals surface area contributed by atoms with Crippen LogP contribution in [0.25, 0.3) is 0 Å². The highest BCUT2D eigenvalue weighted by atomic mass is 19.4. The number of hydrogen-bond acceptors (Lipinski definition) is 3. The molecule has 0 fully saturated rings. The van der Waals surface area contributed by atoms with E-state index in [-0.39, 0.29) is 24.7 Å². The number of aliphatic hydroxyl groups is 1.